The summed E-state index contributed by atoms with van der Waals surface area (Å²) in [6.07, 6.45) is 1.11. The highest BCUT2D eigenvalue weighted by atomic mass is 35.5. The van der Waals surface area contributed by atoms with Gasteiger partial charge in [0.2, 0.25) is 0 Å². The average Bonchev–Trinajstić information content (AvgIpc) is 2.50. The molecule has 1 atom stereocenters. The number of hydrogen-bond donors (Lipinski definition) is 1. The number of benzene rings is 2. The van der Waals surface area contributed by atoms with Crippen molar-refractivity contribution >= 4 is 35.0 Å². The third kappa shape index (κ3) is 5.23. The molecular formula is C17H19Cl2NS. The SMILES string of the molecule is CCCNC(CSc1ccccc1Cl)c1ccc(Cl)cc1. The highest BCUT2D eigenvalue weighted by Crippen LogP contribution is 2.30. The molecule has 4 heteroatoms. The second kappa shape index (κ2) is 8.70. The van der Waals surface area contributed by atoms with Gasteiger partial charge >= 0.3 is 0 Å². The average molecular weight is 340 g/mol. The first-order valence-corrected chi connectivity index (χ1v) is 8.81. The van der Waals surface area contributed by atoms with Crippen LogP contribution in [-0.2, 0) is 0 Å². The standard InChI is InChI=1S/C17H19Cl2NS/c1-2-11-20-16(13-7-9-14(18)10-8-13)12-21-17-6-4-3-5-15(17)19/h3-10,16,20H,2,11-12H2,1H3. The first-order chi connectivity index (χ1) is 10.2. The fourth-order valence-electron chi connectivity index (χ4n) is 2.02. The molecule has 112 valence electrons. The van der Waals surface area contributed by atoms with E-state index in [2.05, 4.69) is 30.4 Å². The first-order valence-electron chi connectivity index (χ1n) is 7.07. The van der Waals surface area contributed by atoms with E-state index in [0.717, 1.165) is 33.7 Å². The Labute approximate surface area is 141 Å². The van der Waals surface area contributed by atoms with Gasteiger partial charge in [-0.15, -0.1) is 11.8 Å². The second-order valence-corrected chi connectivity index (χ2v) is 6.71. The van der Waals surface area contributed by atoms with E-state index in [9.17, 15) is 0 Å². The van der Waals surface area contributed by atoms with E-state index in [1.54, 1.807) is 11.8 Å². The van der Waals surface area contributed by atoms with E-state index in [1.165, 1.54) is 5.56 Å². The Morgan fingerprint density at radius 3 is 2.43 bits per heavy atom. The number of thioether (sulfide) groups is 1. The number of rotatable bonds is 7. The minimum atomic E-state index is 0.295. The lowest BCUT2D eigenvalue weighted by molar-refractivity contribution is 0.577. The molecule has 1 unspecified atom stereocenters. The summed E-state index contributed by atoms with van der Waals surface area (Å²) in [5.74, 6) is 0.936. The molecule has 2 aromatic rings. The summed E-state index contributed by atoms with van der Waals surface area (Å²) in [4.78, 5) is 1.12. The lowest BCUT2D eigenvalue weighted by Crippen LogP contribution is -2.24. The highest BCUT2D eigenvalue weighted by Gasteiger charge is 2.12. The summed E-state index contributed by atoms with van der Waals surface area (Å²) in [7, 11) is 0. The molecule has 0 aromatic heterocycles. The van der Waals surface area contributed by atoms with Crippen molar-refractivity contribution in [3.63, 3.8) is 0 Å². The first kappa shape index (κ1) is 16.7. The molecule has 0 spiro atoms. The van der Waals surface area contributed by atoms with Gasteiger partial charge in [0.25, 0.3) is 0 Å². The quantitative estimate of drug-likeness (QED) is 0.637. The molecule has 0 aliphatic carbocycles. The zero-order chi connectivity index (χ0) is 15.1. The Morgan fingerprint density at radius 1 is 1.05 bits per heavy atom. The van der Waals surface area contributed by atoms with Gasteiger partial charge in [0, 0.05) is 21.7 Å². The van der Waals surface area contributed by atoms with E-state index in [1.807, 2.05) is 30.3 Å². The summed E-state index contributed by atoms with van der Waals surface area (Å²) in [6, 6.07) is 16.3. The maximum atomic E-state index is 6.22. The van der Waals surface area contributed by atoms with Gasteiger partial charge in [0.05, 0.1) is 5.02 Å². The van der Waals surface area contributed by atoms with Crippen molar-refractivity contribution in [3.05, 3.63) is 64.1 Å². The lowest BCUT2D eigenvalue weighted by atomic mass is 10.1. The van der Waals surface area contributed by atoms with E-state index < -0.39 is 0 Å². The Balaban J connectivity index is 2.06. The molecule has 21 heavy (non-hydrogen) atoms. The molecule has 1 nitrogen and oxygen atoms in total. The Kier molecular flexibility index (Phi) is 6.91. The summed E-state index contributed by atoms with van der Waals surface area (Å²) >= 11 is 14.0. The molecule has 2 aromatic carbocycles. The molecule has 0 heterocycles. The molecule has 1 N–H and O–H groups in total. The zero-order valence-electron chi connectivity index (χ0n) is 12.0. The summed E-state index contributed by atoms with van der Waals surface area (Å²) in [5, 5.41) is 5.17. The van der Waals surface area contributed by atoms with Gasteiger partial charge in [-0.25, -0.2) is 0 Å². The number of nitrogens with one attached hydrogen (secondary N) is 1. The molecule has 0 saturated carbocycles. The van der Waals surface area contributed by atoms with E-state index in [4.69, 9.17) is 23.2 Å². The topological polar surface area (TPSA) is 12.0 Å². The van der Waals surface area contributed by atoms with Crippen LogP contribution in [0.1, 0.15) is 24.9 Å². The van der Waals surface area contributed by atoms with Gasteiger partial charge in [0.1, 0.15) is 0 Å². The van der Waals surface area contributed by atoms with Crippen molar-refractivity contribution < 1.29 is 0 Å². The monoisotopic (exact) mass is 339 g/mol. The fraction of sp³-hybridized carbons (Fsp3) is 0.294. The number of hydrogen-bond acceptors (Lipinski definition) is 2. The van der Waals surface area contributed by atoms with Gasteiger partial charge in [-0.3, -0.25) is 0 Å². The minimum Gasteiger partial charge on any atom is -0.309 e. The van der Waals surface area contributed by atoms with Crippen LogP contribution in [0.15, 0.2) is 53.4 Å². The molecule has 0 fully saturated rings. The van der Waals surface area contributed by atoms with Crippen LogP contribution in [0.3, 0.4) is 0 Å². The minimum absolute atomic E-state index is 0.295. The molecular weight excluding hydrogens is 321 g/mol. The van der Waals surface area contributed by atoms with Gasteiger partial charge in [-0.05, 0) is 42.8 Å². The third-order valence-corrected chi connectivity index (χ3v) is 5.02. The molecule has 0 aliphatic rings. The molecule has 0 saturated heterocycles. The number of halogens is 2. The third-order valence-electron chi connectivity index (χ3n) is 3.16. The predicted octanol–water partition coefficient (Wildman–Crippen LogP) is 5.83. The van der Waals surface area contributed by atoms with Crippen LogP contribution >= 0.6 is 35.0 Å². The Hall–Kier alpha value is -0.670. The van der Waals surface area contributed by atoms with Crippen LogP contribution in [0.25, 0.3) is 0 Å². The van der Waals surface area contributed by atoms with Gasteiger partial charge in [-0.1, -0.05) is 54.4 Å². The van der Waals surface area contributed by atoms with Crippen molar-refractivity contribution in [2.24, 2.45) is 0 Å². The van der Waals surface area contributed by atoms with E-state index in [0.29, 0.717) is 6.04 Å². The smallest absolute Gasteiger partial charge is 0.0541 e. The zero-order valence-corrected chi connectivity index (χ0v) is 14.3. The van der Waals surface area contributed by atoms with Crippen molar-refractivity contribution in [1.29, 1.82) is 0 Å². The van der Waals surface area contributed by atoms with Gasteiger partial charge in [0.15, 0.2) is 0 Å². The van der Waals surface area contributed by atoms with Crippen molar-refractivity contribution in [3.8, 4) is 0 Å². The van der Waals surface area contributed by atoms with Crippen molar-refractivity contribution in [2.45, 2.75) is 24.3 Å². The molecule has 0 radical (unpaired) electrons. The van der Waals surface area contributed by atoms with Crippen molar-refractivity contribution in [1.82, 2.24) is 5.32 Å². The molecule has 0 amide bonds. The summed E-state index contributed by atoms with van der Waals surface area (Å²) < 4.78 is 0. The van der Waals surface area contributed by atoms with Crippen molar-refractivity contribution in [2.75, 3.05) is 12.3 Å². The summed E-state index contributed by atoms with van der Waals surface area (Å²) in [5.41, 5.74) is 1.26. The van der Waals surface area contributed by atoms with Gasteiger partial charge in [-0.2, -0.15) is 0 Å². The maximum absolute atomic E-state index is 6.22. The lowest BCUT2D eigenvalue weighted by Gasteiger charge is -2.19. The maximum Gasteiger partial charge on any atom is 0.0541 e. The summed E-state index contributed by atoms with van der Waals surface area (Å²) in [6.45, 7) is 3.17. The highest BCUT2D eigenvalue weighted by molar-refractivity contribution is 7.99. The van der Waals surface area contributed by atoms with Crippen LogP contribution in [0.5, 0.6) is 0 Å². The van der Waals surface area contributed by atoms with Crippen LogP contribution in [0.2, 0.25) is 10.0 Å². The van der Waals surface area contributed by atoms with E-state index in [-0.39, 0.29) is 0 Å². The molecule has 0 bridgehead atoms. The molecule has 2 rings (SSSR count). The van der Waals surface area contributed by atoms with Crippen LogP contribution in [0.4, 0.5) is 0 Å². The van der Waals surface area contributed by atoms with Crippen LogP contribution in [-0.4, -0.2) is 12.3 Å². The predicted molar refractivity (Wildman–Crippen MR) is 94.7 cm³/mol. The Bertz CT molecular complexity index is 557. The normalized spacial score (nSPS) is 12.3. The largest absolute Gasteiger partial charge is 0.309 e. The van der Waals surface area contributed by atoms with Crippen LogP contribution < -0.4 is 5.32 Å². The fourth-order valence-corrected chi connectivity index (χ4v) is 3.48. The Morgan fingerprint density at radius 2 is 1.76 bits per heavy atom. The molecule has 0 aliphatic heterocycles. The van der Waals surface area contributed by atoms with E-state index >= 15 is 0 Å². The van der Waals surface area contributed by atoms with Gasteiger partial charge < -0.3 is 5.32 Å². The second-order valence-electron chi connectivity index (χ2n) is 4.80. The van der Waals surface area contributed by atoms with Crippen LogP contribution in [0, 0.1) is 0 Å².